The molecular weight excluding hydrogens is 281 g/mol. The Morgan fingerprint density at radius 1 is 1.44 bits per heavy atom. The van der Waals surface area contributed by atoms with Gasteiger partial charge < -0.3 is 5.11 Å². The fourth-order valence-corrected chi connectivity index (χ4v) is 2.77. The van der Waals surface area contributed by atoms with Crippen molar-refractivity contribution in [1.29, 1.82) is 0 Å². The van der Waals surface area contributed by atoms with Gasteiger partial charge in [-0.3, -0.25) is 4.72 Å². The quantitative estimate of drug-likeness (QED) is 0.821. The van der Waals surface area contributed by atoms with Crippen LogP contribution in [-0.2, 0) is 10.0 Å². The van der Waals surface area contributed by atoms with E-state index >= 15 is 0 Å². The lowest BCUT2D eigenvalue weighted by Gasteiger charge is -2.11. The van der Waals surface area contributed by atoms with Crippen LogP contribution in [0.2, 0.25) is 5.02 Å². The van der Waals surface area contributed by atoms with E-state index in [1.807, 2.05) is 13.8 Å². The number of sulfonamides is 1. The van der Waals surface area contributed by atoms with Gasteiger partial charge in [-0.15, -0.1) is 0 Å². The van der Waals surface area contributed by atoms with Gasteiger partial charge >= 0.3 is 0 Å². The molecule has 0 aromatic heterocycles. The first-order valence-electron chi connectivity index (χ1n) is 5.40. The molecule has 0 heterocycles. The van der Waals surface area contributed by atoms with Crippen molar-refractivity contribution in [3.63, 3.8) is 0 Å². The van der Waals surface area contributed by atoms with Gasteiger partial charge in [0, 0.05) is 6.07 Å². The molecule has 0 saturated heterocycles. The van der Waals surface area contributed by atoms with Crippen LogP contribution in [-0.4, -0.2) is 19.3 Å². The van der Waals surface area contributed by atoms with Crippen LogP contribution >= 0.6 is 11.6 Å². The summed E-state index contributed by atoms with van der Waals surface area (Å²) in [6.07, 6.45) is 0.491. The standard InChI is InChI=1S/C11H15ClFNO3S/c1-7(2)3-4-18(16,17)14-10-5-8(12)9(13)6-11(10)15/h5-7,14-15H,3-4H2,1-2H3. The van der Waals surface area contributed by atoms with Crippen LogP contribution in [0.15, 0.2) is 12.1 Å². The predicted octanol–water partition coefficient (Wildman–Crippen LogP) is 2.97. The molecule has 0 aliphatic heterocycles. The Kier molecular flexibility index (Phi) is 4.81. The monoisotopic (exact) mass is 295 g/mol. The zero-order chi connectivity index (χ0) is 13.9. The number of hydrogen-bond donors (Lipinski definition) is 2. The van der Waals surface area contributed by atoms with Crippen molar-refractivity contribution in [3.05, 3.63) is 23.0 Å². The molecule has 1 aromatic rings. The molecule has 7 heteroatoms. The summed E-state index contributed by atoms with van der Waals surface area (Å²) in [7, 11) is -3.57. The van der Waals surface area contributed by atoms with Gasteiger partial charge in [0.05, 0.1) is 16.5 Å². The third-order valence-electron chi connectivity index (χ3n) is 2.27. The normalized spacial score (nSPS) is 11.8. The number of anilines is 1. The number of hydrogen-bond acceptors (Lipinski definition) is 3. The Balaban J connectivity index is 2.87. The average Bonchev–Trinajstić information content (AvgIpc) is 2.23. The Morgan fingerprint density at radius 3 is 2.61 bits per heavy atom. The molecule has 2 N–H and O–H groups in total. The molecule has 0 unspecified atom stereocenters. The maximum atomic E-state index is 13.0. The van der Waals surface area contributed by atoms with Crippen molar-refractivity contribution in [2.45, 2.75) is 20.3 Å². The maximum absolute atomic E-state index is 13.0. The minimum atomic E-state index is -3.57. The number of nitrogens with one attached hydrogen (secondary N) is 1. The van der Waals surface area contributed by atoms with E-state index in [0.717, 1.165) is 12.1 Å². The molecule has 0 aliphatic carbocycles. The van der Waals surface area contributed by atoms with E-state index in [-0.39, 0.29) is 22.4 Å². The summed E-state index contributed by atoms with van der Waals surface area (Å²) >= 11 is 5.52. The van der Waals surface area contributed by atoms with Crippen LogP contribution in [0.5, 0.6) is 5.75 Å². The molecule has 1 rings (SSSR count). The van der Waals surface area contributed by atoms with E-state index in [1.165, 1.54) is 0 Å². The number of benzene rings is 1. The molecule has 102 valence electrons. The fourth-order valence-electron chi connectivity index (χ4n) is 1.23. The first-order valence-corrected chi connectivity index (χ1v) is 7.43. The van der Waals surface area contributed by atoms with Gasteiger partial charge in [-0.2, -0.15) is 0 Å². The highest BCUT2D eigenvalue weighted by Gasteiger charge is 2.15. The molecule has 0 amide bonds. The number of phenolic OH excluding ortho intramolecular Hbond substituents is 1. The summed E-state index contributed by atoms with van der Waals surface area (Å²) < 4.78 is 38.5. The zero-order valence-corrected chi connectivity index (χ0v) is 11.6. The second kappa shape index (κ2) is 5.75. The summed E-state index contributed by atoms with van der Waals surface area (Å²) in [6.45, 7) is 3.81. The first-order chi connectivity index (χ1) is 8.21. The smallest absolute Gasteiger partial charge is 0.232 e. The van der Waals surface area contributed by atoms with Crippen molar-refractivity contribution in [2.24, 2.45) is 5.92 Å². The molecule has 0 radical (unpaired) electrons. The van der Waals surface area contributed by atoms with Crippen molar-refractivity contribution >= 4 is 27.3 Å². The van der Waals surface area contributed by atoms with Gasteiger partial charge in [0.2, 0.25) is 10.0 Å². The van der Waals surface area contributed by atoms with E-state index < -0.39 is 21.6 Å². The number of halogens is 2. The molecule has 0 fully saturated rings. The number of rotatable bonds is 5. The largest absolute Gasteiger partial charge is 0.506 e. The van der Waals surface area contributed by atoms with E-state index in [0.29, 0.717) is 6.42 Å². The summed E-state index contributed by atoms with van der Waals surface area (Å²) in [5.41, 5.74) is -0.120. The highest BCUT2D eigenvalue weighted by Crippen LogP contribution is 2.30. The van der Waals surface area contributed by atoms with Crippen LogP contribution < -0.4 is 4.72 Å². The SMILES string of the molecule is CC(C)CCS(=O)(=O)Nc1cc(Cl)c(F)cc1O. The highest BCUT2D eigenvalue weighted by molar-refractivity contribution is 7.92. The van der Waals surface area contributed by atoms with Crippen LogP contribution in [0.25, 0.3) is 0 Å². The predicted molar refractivity (Wildman–Crippen MR) is 69.9 cm³/mol. The minimum Gasteiger partial charge on any atom is -0.506 e. The molecule has 0 bridgehead atoms. The van der Waals surface area contributed by atoms with Gasteiger partial charge in [-0.1, -0.05) is 25.4 Å². The van der Waals surface area contributed by atoms with Gasteiger partial charge in [0.25, 0.3) is 0 Å². The van der Waals surface area contributed by atoms with Crippen LogP contribution in [0.1, 0.15) is 20.3 Å². The minimum absolute atomic E-state index is 0.0703. The van der Waals surface area contributed by atoms with Crippen LogP contribution in [0.3, 0.4) is 0 Å². The third kappa shape index (κ3) is 4.34. The lowest BCUT2D eigenvalue weighted by atomic mass is 10.2. The molecule has 0 aliphatic rings. The topological polar surface area (TPSA) is 66.4 Å². The molecule has 4 nitrogen and oxygen atoms in total. The van der Waals surface area contributed by atoms with Gasteiger partial charge in [0.1, 0.15) is 11.6 Å². The van der Waals surface area contributed by atoms with Crippen molar-refractivity contribution in [3.8, 4) is 5.75 Å². The number of phenols is 1. The summed E-state index contributed by atoms with van der Waals surface area (Å²) in [5, 5.41) is 9.18. The van der Waals surface area contributed by atoms with Gasteiger partial charge in [0.15, 0.2) is 0 Å². The molecular formula is C11H15ClFNO3S. The summed E-state index contributed by atoms with van der Waals surface area (Å²) in [4.78, 5) is 0. The lowest BCUT2D eigenvalue weighted by Crippen LogP contribution is -2.18. The van der Waals surface area contributed by atoms with E-state index in [9.17, 15) is 17.9 Å². The van der Waals surface area contributed by atoms with Gasteiger partial charge in [-0.25, -0.2) is 12.8 Å². The number of aromatic hydroxyl groups is 1. The zero-order valence-electron chi connectivity index (χ0n) is 10.1. The second-order valence-electron chi connectivity index (χ2n) is 4.39. The van der Waals surface area contributed by atoms with Crippen molar-refractivity contribution in [1.82, 2.24) is 0 Å². The maximum Gasteiger partial charge on any atom is 0.232 e. The van der Waals surface area contributed by atoms with Crippen LogP contribution in [0, 0.1) is 11.7 Å². The van der Waals surface area contributed by atoms with E-state index in [2.05, 4.69) is 4.72 Å². The average molecular weight is 296 g/mol. The molecule has 1 aromatic carbocycles. The summed E-state index contributed by atoms with van der Waals surface area (Å²) in [5.74, 6) is -1.13. The highest BCUT2D eigenvalue weighted by atomic mass is 35.5. The Hall–Kier alpha value is -1.01. The third-order valence-corrected chi connectivity index (χ3v) is 3.86. The van der Waals surface area contributed by atoms with Crippen LogP contribution in [0.4, 0.5) is 10.1 Å². The Morgan fingerprint density at radius 2 is 2.06 bits per heavy atom. The fraction of sp³-hybridized carbons (Fsp3) is 0.455. The van der Waals surface area contributed by atoms with E-state index in [1.54, 1.807) is 0 Å². The van der Waals surface area contributed by atoms with Gasteiger partial charge in [-0.05, 0) is 18.4 Å². The Labute approximate surface area is 111 Å². The Bertz CT molecular complexity index is 531. The van der Waals surface area contributed by atoms with Crippen molar-refractivity contribution < 1.29 is 17.9 Å². The summed E-state index contributed by atoms with van der Waals surface area (Å²) in [6, 6.07) is 1.81. The first kappa shape index (κ1) is 15.0. The van der Waals surface area contributed by atoms with E-state index in [4.69, 9.17) is 11.6 Å². The second-order valence-corrected chi connectivity index (χ2v) is 6.64. The molecule has 0 atom stereocenters. The molecule has 0 saturated carbocycles. The van der Waals surface area contributed by atoms with Crippen molar-refractivity contribution in [2.75, 3.05) is 10.5 Å². The molecule has 0 spiro atoms. The molecule has 18 heavy (non-hydrogen) atoms. The lowest BCUT2D eigenvalue weighted by molar-refractivity contribution is 0.471.